The quantitative estimate of drug-likeness (QED) is 0.606. The normalized spacial score (nSPS) is 12.0. The zero-order chi connectivity index (χ0) is 21.1. The Kier molecular flexibility index (Phi) is 5.71. The van der Waals surface area contributed by atoms with E-state index in [0.717, 1.165) is 17.0 Å². The van der Waals surface area contributed by atoms with Crippen LogP contribution in [0.4, 0.5) is 16.0 Å². The molecule has 3 N–H and O–H groups in total. The molecular weight excluding hydrogens is 379 g/mol. The summed E-state index contributed by atoms with van der Waals surface area (Å²) in [5.41, 5.74) is 8.37. The topological polar surface area (TPSA) is 124 Å². The van der Waals surface area contributed by atoms with Crippen molar-refractivity contribution in [3.8, 4) is 0 Å². The third-order valence-corrected chi connectivity index (χ3v) is 4.43. The molecule has 1 aromatic carbocycles. The summed E-state index contributed by atoms with van der Waals surface area (Å²) in [5, 5.41) is 6.65. The number of hydrogen-bond donors (Lipinski definition) is 2. The summed E-state index contributed by atoms with van der Waals surface area (Å²) < 4.78 is 19.7. The van der Waals surface area contributed by atoms with Gasteiger partial charge in [-0.05, 0) is 57.0 Å². The first-order chi connectivity index (χ1) is 13.7. The number of rotatable bonds is 6. The Morgan fingerprint density at radius 3 is 2.62 bits per heavy atom. The number of nitrogens with two attached hydrogens (primary N) is 1. The van der Waals surface area contributed by atoms with Crippen molar-refractivity contribution in [3.05, 3.63) is 47.0 Å². The van der Waals surface area contributed by atoms with Crippen molar-refractivity contribution in [1.29, 1.82) is 0 Å². The lowest BCUT2D eigenvalue weighted by Crippen LogP contribution is -2.30. The lowest BCUT2D eigenvalue weighted by molar-refractivity contribution is -0.153. The molecule has 0 saturated carbocycles. The largest absolute Gasteiger partial charge is 0.453 e. The molecule has 0 saturated heterocycles. The summed E-state index contributed by atoms with van der Waals surface area (Å²) in [6.07, 6.45) is -0.566. The lowest BCUT2D eigenvalue weighted by Gasteiger charge is -2.14. The van der Waals surface area contributed by atoms with Crippen LogP contribution in [0.25, 0.3) is 5.78 Å². The first kappa shape index (κ1) is 20.2. The second-order valence-electron chi connectivity index (χ2n) is 6.57. The average molecular weight is 400 g/mol. The van der Waals surface area contributed by atoms with E-state index in [1.165, 1.54) is 35.7 Å². The number of ether oxygens (including phenoxy) is 1. The zero-order valence-electron chi connectivity index (χ0n) is 16.3. The van der Waals surface area contributed by atoms with Crippen LogP contribution in [0, 0.1) is 19.7 Å². The Labute approximate surface area is 166 Å². The second kappa shape index (κ2) is 8.21. The van der Waals surface area contributed by atoms with Crippen molar-refractivity contribution in [2.45, 2.75) is 39.7 Å². The van der Waals surface area contributed by atoms with Crippen LogP contribution < -0.4 is 11.1 Å². The van der Waals surface area contributed by atoms with E-state index in [0.29, 0.717) is 17.9 Å². The number of halogens is 1. The molecule has 0 aliphatic carbocycles. The van der Waals surface area contributed by atoms with Gasteiger partial charge in [0.2, 0.25) is 5.95 Å². The average Bonchev–Trinajstić information content (AvgIpc) is 3.03. The van der Waals surface area contributed by atoms with Gasteiger partial charge in [0.25, 0.3) is 11.7 Å². The molecule has 9 nitrogen and oxygen atoms in total. The summed E-state index contributed by atoms with van der Waals surface area (Å²) >= 11 is 0. The van der Waals surface area contributed by atoms with Gasteiger partial charge in [0.05, 0.1) is 0 Å². The number of aromatic nitrogens is 4. The number of carbonyl (C=O) groups is 2. The Morgan fingerprint density at radius 1 is 1.24 bits per heavy atom. The van der Waals surface area contributed by atoms with Crippen molar-refractivity contribution in [2.24, 2.45) is 0 Å². The SMILES string of the molecule is Cc1nc2nc(N)nn2c(C)c1CCC(=O)O[C@@H](C)C(=O)Nc1ccc(F)cc1. The summed E-state index contributed by atoms with van der Waals surface area (Å²) in [6.45, 7) is 5.13. The smallest absolute Gasteiger partial charge is 0.306 e. The molecule has 152 valence electrons. The summed E-state index contributed by atoms with van der Waals surface area (Å²) in [6, 6.07) is 5.30. The molecule has 2 heterocycles. The van der Waals surface area contributed by atoms with E-state index in [2.05, 4.69) is 20.4 Å². The zero-order valence-corrected chi connectivity index (χ0v) is 16.3. The Morgan fingerprint density at radius 2 is 1.93 bits per heavy atom. The number of hydrogen-bond acceptors (Lipinski definition) is 7. The number of anilines is 2. The van der Waals surface area contributed by atoms with Crippen LogP contribution >= 0.6 is 0 Å². The van der Waals surface area contributed by atoms with Gasteiger partial charge in [0.15, 0.2) is 6.10 Å². The predicted molar refractivity (Wildman–Crippen MR) is 104 cm³/mol. The van der Waals surface area contributed by atoms with Gasteiger partial charge in [-0.25, -0.2) is 9.37 Å². The Balaban J connectivity index is 1.58. The number of fused-ring (bicyclic) bond motifs is 1. The van der Waals surface area contributed by atoms with Crippen molar-refractivity contribution in [2.75, 3.05) is 11.1 Å². The maximum Gasteiger partial charge on any atom is 0.306 e. The maximum atomic E-state index is 12.9. The minimum atomic E-state index is -0.995. The van der Waals surface area contributed by atoms with Crippen LogP contribution in [-0.4, -0.2) is 37.6 Å². The van der Waals surface area contributed by atoms with Crippen molar-refractivity contribution in [1.82, 2.24) is 19.6 Å². The van der Waals surface area contributed by atoms with Gasteiger partial charge in [-0.1, -0.05) is 0 Å². The van der Waals surface area contributed by atoms with E-state index >= 15 is 0 Å². The summed E-state index contributed by atoms with van der Waals surface area (Å²) in [7, 11) is 0. The molecular formula is C19H21FN6O3. The number of amides is 1. The molecule has 1 atom stereocenters. The van der Waals surface area contributed by atoms with Crippen LogP contribution in [0.2, 0.25) is 0 Å². The number of nitrogens with zero attached hydrogens (tertiary/aromatic N) is 4. The van der Waals surface area contributed by atoms with E-state index in [1.807, 2.05) is 13.8 Å². The highest BCUT2D eigenvalue weighted by molar-refractivity contribution is 5.95. The standard InChI is InChI=1S/C19H21FN6O3/c1-10-15(11(2)26-19(22-10)24-18(21)25-26)8-9-16(27)29-12(3)17(28)23-14-6-4-13(20)5-7-14/h4-7,12H,8-9H2,1-3H3,(H2,21,25)(H,23,28)/t12-/m0/s1. The van der Waals surface area contributed by atoms with E-state index < -0.39 is 23.8 Å². The highest BCUT2D eigenvalue weighted by Crippen LogP contribution is 2.17. The third-order valence-electron chi connectivity index (χ3n) is 4.43. The molecule has 29 heavy (non-hydrogen) atoms. The van der Waals surface area contributed by atoms with Gasteiger partial charge in [-0.3, -0.25) is 9.59 Å². The van der Waals surface area contributed by atoms with Gasteiger partial charge in [-0.15, -0.1) is 5.10 Å². The Bertz CT molecular complexity index is 1060. The second-order valence-corrected chi connectivity index (χ2v) is 6.57. The Hall–Kier alpha value is -3.56. The van der Waals surface area contributed by atoms with Gasteiger partial charge in [0, 0.05) is 23.5 Å². The molecule has 1 amide bonds. The van der Waals surface area contributed by atoms with Crippen LogP contribution in [0.1, 0.15) is 30.3 Å². The minimum Gasteiger partial charge on any atom is -0.453 e. The first-order valence-corrected chi connectivity index (χ1v) is 8.99. The number of nitrogens with one attached hydrogen (secondary N) is 1. The first-order valence-electron chi connectivity index (χ1n) is 8.99. The molecule has 0 aliphatic heterocycles. The molecule has 3 rings (SSSR count). The molecule has 0 bridgehead atoms. The number of nitrogen functional groups attached to an aromatic ring is 1. The fourth-order valence-electron chi connectivity index (χ4n) is 2.90. The van der Waals surface area contributed by atoms with E-state index in [1.54, 1.807) is 0 Å². The van der Waals surface area contributed by atoms with Crippen LogP contribution in [0.5, 0.6) is 0 Å². The number of aryl methyl sites for hydroxylation is 2. The molecule has 0 fully saturated rings. The highest BCUT2D eigenvalue weighted by Gasteiger charge is 2.19. The molecule has 0 radical (unpaired) electrons. The molecule has 0 aliphatic rings. The molecule has 3 aromatic rings. The van der Waals surface area contributed by atoms with Gasteiger partial charge in [-0.2, -0.15) is 9.50 Å². The number of esters is 1. The van der Waals surface area contributed by atoms with Gasteiger partial charge in [0.1, 0.15) is 5.82 Å². The fourth-order valence-corrected chi connectivity index (χ4v) is 2.90. The third kappa shape index (κ3) is 4.65. The van der Waals surface area contributed by atoms with Gasteiger partial charge >= 0.3 is 5.97 Å². The van der Waals surface area contributed by atoms with Gasteiger partial charge < -0.3 is 15.8 Å². The monoisotopic (exact) mass is 400 g/mol. The summed E-state index contributed by atoms with van der Waals surface area (Å²) in [4.78, 5) is 32.7. The van der Waals surface area contributed by atoms with Crippen LogP contribution in [-0.2, 0) is 20.7 Å². The van der Waals surface area contributed by atoms with E-state index in [9.17, 15) is 14.0 Å². The lowest BCUT2D eigenvalue weighted by atomic mass is 10.1. The molecule has 0 unspecified atom stereocenters. The van der Waals surface area contributed by atoms with Crippen molar-refractivity contribution < 1.29 is 18.7 Å². The maximum absolute atomic E-state index is 12.9. The van der Waals surface area contributed by atoms with Crippen molar-refractivity contribution >= 4 is 29.3 Å². The minimum absolute atomic E-state index is 0.0627. The van der Waals surface area contributed by atoms with Crippen molar-refractivity contribution in [3.63, 3.8) is 0 Å². The number of benzene rings is 1. The summed E-state index contributed by atoms with van der Waals surface area (Å²) in [5.74, 6) is -0.913. The molecule has 2 aromatic heterocycles. The fraction of sp³-hybridized carbons (Fsp3) is 0.316. The molecule has 0 spiro atoms. The van der Waals surface area contributed by atoms with Crippen LogP contribution in [0.15, 0.2) is 24.3 Å². The highest BCUT2D eigenvalue weighted by atomic mass is 19.1. The predicted octanol–water partition coefficient (Wildman–Crippen LogP) is 1.97. The van der Waals surface area contributed by atoms with E-state index in [-0.39, 0.29) is 12.4 Å². The number of carbonyl (C=O) groups excluding carboxylic acids is 2. The molecule has 10 heteroatoms. The van der Waals surface area contributed by atoms with E-state index in [4.69, 9.17) is 10.5 Å². The van der Waals surface area contributed by atoms with Crippen LogP contribution in [0.3, 0.4) is 0 Å².